The number of hydrogen-bond acceptors (Lipinski definition) is 2. The number of carbonyl (C=O) groups is 2. The van der Waals surface area contributed by atoms with Crippen molar-refractivity contribution >= 4 is 11.8 Å². The van der Waals surface area contributed by atoms with Gasteiger partial charge in [0.15, 0.2) is 0 Å². The van der Waals surface area contributed by atoms with Crippen molar-refractivity contribution in [3.05, 3.63) is 35.9 Å². The second-order valence-electron chi connectivity index (χ2n) is 4.59. The molecule has 2 atom stereocenters. The molecular weight excluding hydrogens is 228 g/mol. The molecule has 0 aromatic heterocycles. The zero-order chi connectivity index (χ0) is 13.1. The highest BCUT2D eigenvalue weighted by molar-refractivity contribution is 5.94. The van der Waals surface area contributed by atoms with E-state index in [1.807, 2.05) is 37.3 Å². The number of nitrogens with one attached hydrogen (secondary N) is 1. The van der Waals surface area contributed by atoms with E-state index in [4.69, 9.17) is 0 Å². The average molecular weight is 246 g/mol. The van der Waals surface area contributed by atoms with Crippen LogP contribution in [0.2, 0.25) is 0 Å². The molecule has 4 heteroatoms. The molecule has 1 aliphatic heterocycles. The maximum Gasteiger partial charge on any atom is 0.245 e. The van der Waals surface area contributed by atoms with Crippen LogP contribution < -0.4 is 5.32 Å². The third kappa shape index (κ3) is 2.37. The molecule has 1 saturated heterocycles. The first kappa shape index (κ1) is 12.6. The van der Waals surface area contributed by atoms with Gasteiger partial charge >= 0.3 is 0 Å². The maximum absolute atomic E-state index is 12.2. The lowest BCUT2D eigenvalue weighted by Crippen LogP contribution is -2.57. The molecule has 2 amide bonds. The number of benzene rings is 1. The molecule has 96 valence electrons. The summed E-state index contributed by atoms with van der Waals surface area (Å²) in [4.78, 5) is 25.4. The summed E-state index contributed by atoms with van der Waals surface area (Å²) >= 11 is 0. The molecule has 1 fully saturated rings. The van der Waals surface area contributed by atoms with E-state index in [2.05, 4.69) is 5.32 Å². The quantitative estimate of drug-likeness (QED) is 0.878. The Morgan fingerprint density at radius 1 is 1.33 bits per heavy atom. The highest BCUT2D eigenvalue weighted by atomic mass is 16.2. The SMILES string of the molecule is CCC(c1ccccc1)N1CC(=O)NC(C)C1=O. The predicted molar refractivity (Wildman–Crippen MR) is 68.8 cm³/mol. The van der Waals surface area contributed by atoms with Crippen LogP contribution in [0.5, 0.6) is 0 Å². The Balaban J connectivity index is 2.27. The fraction of sp³-hybridized carbons (Fsp3) is 0.429. The van der Waals surface area contributed by atoms with Crippen molar-refractivity contribution in [2.45, 2.75) is 32.4 Å². The lowest BCUT2D eigenvalue weighted by Gasteiger charge is -2.36. The number of rotatable bonds is 3. The number of carbonyl (C=O) groups excluding carboxylic acids is 2. The highest BCUT2D eigenvalue weighted by Gasteiger charge is 2.33. The van der Waals surface area contributed by atoms with Crippen molar-refractivity contribution in [3.8, 4) is 0 Å². The summed E-state index contributed by atoms with van der Waals surface area (Å²) in [5.74, 6) is -0.0956. The van der Waals surface area contributed by atoms with E-state index in [1.54, 1.807) is 11.8 Å². The third-order valence-electron chi connectivity index (χ3n) is 3.29. The first-order valence-electron chi connectivity index (χ1n) is 6.28. The standard InChI is InChI=1S/C14H18N2O2/c1-3-12(11-7-5-4-6-8-11)16-9-13(17)15-10(2)14(16)18/h4-8,10,12H,3,9H2,1-2H3,(H,15,17). The molecule has 1 heterocycles. The van der Waals surface area contributed by atoms with Gasteiger partial charge in [0.2, 0.25) is 11.8 Å². The van der Waals surface area contributed by atoms with Crippen molar-refractivity contribution in [3.63, 3.8) is 0 Å². The summed E-state index contributed by atoms with van der Waals surface area (Å²) in [6.07, 6.45) is 0.801. The normalized spacial score (nSPS) is 21.7. The van der Waals surface area contributed by atoms with Crippen molar-refractivity contribution in [1.29, 1.82) is 0 Å². The number of piperazine rings is 1. The minimum absolute atomic E-state index is 0.00898. The van der Waals surface area contributed by atoms with Gasteiger partial charge in [-0.1, -0.05) is 37.3 Å². The number of hydrogen-bond donors (Lipinski definition) is 1. The van der Waals surface area contributed by atoms with Gasteiger partial charge in [0, 0.05) is 0 Å². The zero-order valence-electron chi connectivity index (χ0n) is 10.7. The van der Waals surface area contributed by atoms with Gasteiger partial charge in [-0.3, -0.25) is 9.59 Å². The van der Waals surface area contributed by atoms with E-state index in [9.17, 15) is 9.59 Å². The number of amides is 2. The third-order valence-corrected chi connectivity index (χ3v) is 3.29. The fourth-order valence-electron chi connectivity index (χ4n) is 2.41. The van der Waals surface area contributed by atoms with Crippen molar-refractivity contribution < 1.29 is 9.59 Å². The molecule has 1 aromatic rings. The van der Waals surface area contributed by atoms with Crippen LogP contribution >= 0.6 is 0 Å². The Labute approximate surface area is 107 Å². The first-order valence-corrected chi connectivity index (χ1v) is 6.28. The predicted octanol–water partition coefficient (Wildman–Crippen LogP) is 1.48. The molecule has 1 aliphatic rings. The second kappa shape index (κ2) is 5.21. The minimum atomic E-state index is -0.427. The fourth-order valence-corrected chi connectivity index (χ4v) is 2.41. The largest absolute Gasteiger partial charge is 0.343 e. The Morgan fingerprint density at radius 2 is 2.00 bits per heavy atom. The van der Waals surface area contributed by atoms with Gasteiger partial charge in [-0.05, 0) is 18.9 Å². The van der Waals surface area contributed by atoms with E-state index < -0.39 is 6.04 Å². The van der Waals surface area contributed by atoms with E-state index in [1.165, 1.54) is 0 Å². The van der Waals surface area contributed by atoms with E-state index in [0.29, 0.717) is 0 Å². The Morgan fingerprint density at radius 3 is 2.61 bits per heavy atom. The van der Waals surface area contributed by atoms with Gasteiger partial charge in [-0.2, -0.15) is 0 Å². The summed E-state index contributed by atoms with van der Waals surface area (Å²) in [7, 11) is 0. The van der Waals surface area contributed by atoms with Crippen LogP contribution in [-0.2, 0) is 9.59 Å². The summed E-state index contributed by atoms with van der Waals surface area (Å²) in [6, 6.07) is 9.41. The summed E-state index contributed by atoms with van der Waals surface area (Å²) in [5, 5.41) is 2.66. The molecule has 18 heavy (non-hydrogen) atoms. The highest BCUT2D eigenvalue weighted by Crippen LogP contribution is 2.25. The molecule has 2 rings (SSSR count). The van der Waals surface area contributed by atoms with Crippen LogP contribution in [0.1, 0.15) is 31.9 Å². The molecule has 2 unspecified atom stereocenters. The van der Waals surface area contributed by atoms with Crippen LogP contribution in [0.3, 0.4) is 0 Å². The van der Waals surface area contributed by atoms with Crippen LogP contribution in [0.25, 0.3) is 0 Å². The molecule has 0 aliphatic carbocycles. The molecule has 1 aromatic carbocycles. The first-order chi connectivity index (χ1) is 8.63. The topological polar surface area (TPSA) is 49.4 Å². The Kier molecular flexibility index (Phi) is 3.65. The molecule has 0 spiro atoms. The van der Waals surface area contributed by atoms with Crippen LogP contribution in [-0.4, -0.2) is 29.3 Å². The second-order valence-corrected chi connectivity index (χ2v) is 4.59. The lowest BCUT2D eigenvalue weighted by molar-refractivity contribution is -0.146. The lowest BCUT2D eigenvalue weighted by atomic mass is 10.0. The van der Waals surface area contributed by atoms with Gasteiger partial charge in [0.05, 0.1) is 6.04 Å². The summed E-state index contributed by atoms with van der Waals surface area (Å²) in [6.45, 7) is 3.91. The van der Waals surface area contributed by atoms with E-state index in [0.717, 1.165) is 12.0 Å². The summed E-state index contributed by atoms with van der Waals surface area (Å²) < 4.78 is 0. The zero-order valence-corrected chi connectivity index (χ0v) is 10.7. The minimum Gasteiger partial charge on any atom is -0.343 e. The molecule has 0 saturated carbocycles. The Hall–Kier alpha value is -1.84. The molecule has 4 nitrogen and oxygen atoms in total. The Bertz CT molecular complexity index is 444. The van der Waals surface area contributed by atoms with Crippen LogP contribution in [0.4, 0.5) is 0 Å². The molecule has 1 N–H and O–H groups in total. The molecule has 0 radical (unpaired) electrons. The van der Waals surface area contributed by atoms with Crippen molar-refractivity contribution in [2.24, 2.45) is 0 Å². The van der Waals surface area contributed by atoms with E-state index >= 15 is 0 Å². The monoisotopic (exact) mass is 246 g/mol. The molecule has 0 bridgehead atoms. The van der Waals surface area contributed by atoms with Crippen LogP contribution in [0, 0.1) is 0 Å². The summed E-state index contributed by atoms with van der Waals surface area (Å²) in [5.41, 5.74) is 1.08. The average Bonchev–Trinajstić information content (AvgIpc) is 2.37. The molecular formula is C14H18N2O2. The smallest absolute Gasteiger partial charge is 0.245 e. The van der Waals surface area contributed by atoms with Crippen LogP contribution in [0.15, 0.2) is 30.3 Å². The van der Waals surface area contributed by atoms with Crippen molar-refractivity contribution in [1.82, 2.24) is 10.2 Å². The van der Waals surface area contributed by atoms with Gasteiger partial charge in [-0.25, -0.2) is 0 Å². The van der Waals surface area contributed by atoms with Crippen molar-refractivity contribution in [2.75, 3.05) is 6.54 Å². The van der Waals surface area contributed by atoms with Gasteiger partial charge in [0.1, 0.15) is 12.6 Å². The van der Waals surface area contributed by atoms with E-state index in [-0.39, 0.29) is 24.4 Å². The van der Waals surface area contributed by atoms with Gasteiger partial charge in [0.25, 0.3) is 0 Å². The van der Waals surface area contributed by atoms with Gasteiger partial charge in [-0.15, -0.1) is 0 Å². The maximum atomic E-state index is 12.2. The number of nitrogens with zero attached hydrogens (tertiary/aromatic N) is 1. The van der Waals surface area contributed by atoms with Gasteiger partial charge < -0.3 is 10.2 Å².